The van der Waals surface area contributed by atoms with Crippen molar-refractivity contribution in [3.63, 3.8) is 0 Å². The van der Waals surface area contributed by atoms with Crippen molar-refractivity contribution in [2.75, 3.05) is 6.54 Å². The summed E-state index contributed by atoms with van der Waals surface area (Å²) in [4.78, 5) is 15.7. The number of hydrogen-bond donors (Lipinski definition) is 1. The van der Waals surface area contributed by atoms with Crippen LogP contribution in [0.2, 0.25) is 0 Å². The highest BCUT2D eigenvalue weighted by Crippen LogP contribution is 2.15. The summed E-state index contributed by atoms with van der Waals surface area (Å²) in [6, 6.07) is 3.87. The van der Waals surface area contributed by atoms with Crippen LogP contribution in [-0.4, -0.2) is 23.2 Å². The van der Waals surface area contributed by atoms with E-state index in [1.54, 1.807) is 6.20 Å². The average molecular weight is 315 g/mol. The third-order valence-electron chi connectivity index (χ3n) is 2.27. The molecule has 4 nitrogen and oxygen atoms in total. The summed E-state index contributed by atoms with van der Waals surface area (Å²) in [5, 5.41) is 2.75. The number of hydrogen-bond acceptors (Lipinski definition) is 3. The van der Waals surface area contributed by atoms with Gasteiger partial charge in [0.15, 0.2) is 0 Å². The maximum absolute atomic E-state index is 11.5. The lowest BCUT2D eigenvalue weighted by Gasteiger charge is -2.20. The fraction of sp³-hybridized carbons (Fsp3) is 0.538. The molecule has 1 unspecified atom stereocenters. The van der Waals surface area contributed by atoms with Crippen LogP contribution in [0, 0.1) is 0 Å². The molecule has 0 spiro atoms. The smallest absolute Gasteiger partial charge is 0.407 e. The van der Waals surface area contributed by atoms with Crippen molar-refractivity contribution in [3.8, 4) is 0 Å². The Bertz CT molecular complexity index is 398. The molecule has 0 aliphatic rings. The second-order valence-corrected chi connectivity index (χ2v) is 6.01. The average Bonchev–Trinajstić information content (AvgIpc) is 2.24. The minimum Gasteiger partial charge on any atom is -0.444 e. The molecule has 1 N–H and O–H groups in total. The van der Waals surface area contributed by atoms with E-state index < -0.39 is 5.60 Å². The van der Waals surface area contributed by atoms with Gasteiger partial charge in [-0.05, 0) is 48.3 Å². The monoisotopic (exact) mass is 314 g/mol. The first-order valence-electron chi connectivity index (χ1n) is 5.86. The van der Waals surface area contributed by atoms with Crippen LogP contribution < -0.4 is 5.32 Å². The van der Waals surface area contributed by atoms with Gasteiger partial charge in [-0.1, -0.05) is 13.0 Å². The second-order valence-electron chi connectivity index (χ2n) is 5.20. The molecule has 1 heterocycles. The lowest BCUT2D eigenvalue weighted by Crippen LogP contribution is -2.34. The maximum Gasteiger partial charge on any atom is 0.407 e. The van der Waals surface area contributed by atoms with Gasteiger partial charge in [-0.2, -0.15) is 0 Å². The van der Waals surface area contributed by atoms with E-state index in [9.17, 15) is 4.79 Å². The van der Waals surface area contributed by atoms with Crippen molar-refractivity contribution in [1.82, 2.24) is 10.3 Å². The maximum atomic E-state index is 11.5. The van der Waals surface area contributed by atoms with E-state index in [1.807, 2.05) is 39.8 Å². The zero-order valence-corrected chi connectivity index (χ0v) is 12.7. The van der Waals surface area contributed by atoms with Gasteiger partial charge < -0.3 is 10.1 Å². The minimum absolute atomic E-state index is 0.193. The van der Waals surface area contributed by atoms with E-state index in [0.29, 0.717) is 6.54 Å². The molecule has 0 bridgehead atoms. The summed E-state index contributed by atoms with van der Waals surface area (Å²) >= 11 is 3.29. The van der Waals surface area contributed by atoms with E-state index in [4.69, 9.17) is 4.74 Å². The van der Waals surface area contributed by atoms with Crippen molar-refractivity contribution in [2.45, 2.75) is 39.2 Å². The van der Waals surface area contributed by atoms with Gasteiger partial charge in [-0.3, -0.25) is 0 Å². The number of carbonyl (C=O) groups excluding carboxylic acids is 1. The predicted molar refractivity (Wildman–Crippen MR) is 74.6 cm³/mol. The molecule has 0 aliphatic heterocycles. The molecule has 0 fully saturated rings. The predicted octanol–water partition coefficient (Wildman–Crippen LogP) is 3.47. The molecule has 0 saturated heterocycles. The largest absolute Gasteiger partial charge is 0.444 e. The summed E-state index contributed by atoms with van der Waals surface area (Å²) < 4.78 is 5.97. The minimum atomic E-state index is -0.466. The van der Waals surface area contributed by atoms with E-state index in [-0.39, 0.29) is 12.0 Å². The van der Waals surface area contributed by atoms with Gasteiger partial charge in [0.05, 0.1) is 0 Å². The first kappa shape index (κ1) is 15.0. The molecule has 1 amide bonds. The highest BCUT2D eigenvalue weighted by molar-refractivity contribution is 9.10. The number of carbonyl (C=O) groups is 1. The lowest BCUT2D eigenvalue weighted by molar-refractivity contribution is 0.0525. The molecule has 18 heavy (non-hydrogen) atoms. The van der Waals surface area contributed by atoms with Gasteiger partial charge in [0.1, 0.15) is 10.2 Å². The molecule has 0 radical (unpaired) electrons. The van der Waals surface area contributed by atoms with Crippen molar-refractivity contribution in [3.05, 3.63) is 28.5 Å². The molecule has 0 aromatic carbocycles. The summed E-state index contributed by atoms with van der Waals surface area (Å²) in [5.41, 5.74) is 0.612. The fourth-order valence-electron chi connectivity index (χ4n) is 1.35. The van der Waals surface area contributed by atoms with Crippen LogP contribution in [0.15, 0.2) is 22.9 Å². The van der Waals surface area contributed by atoms with Gasteiger partial charge >= 0.3 is 6.09 Å². The third kappa shape index (κ3) is 5.49. The quantitative estimate of drug-likeness (QED) is 0.869. The second kappa shape index (κ2) is 6.18. The topological polar surface area (TPSA) is 51.2 Å². The van der Waals surface area contributed by atoms with E-state index in [0.717, 1.165) is 10.2 Å². The lowest BCUT2D eigenvalue weighted by atomic mass is 10.0. The number of amides is 1. The van der Waals surface area contributed by atoms with Crippen LogP contribution in [-0.2, 0) is 4.74 Å². The number of ether oxygens (including phenoxy) is 1. The standard InChI is InChI=1S/C13H19BrN2O2/c1-9(10-5-6-11(14)15-8-10)7-16-12(17)18-13(2,3)4/h5-6,8-9H,7H2,1-4H3,(H,16,17). The van der Waals surface area contributed by atoms with Crippen molar-refractivity contribution in [1.29, 1.82) is 0 Å². The molecule has 1 rings (SSSR count). The number of halogens is 1. The Labute approximate surface area is 116 Å². The number of nitrogens with one attached hydrogen (secondary N) is 1. The Morgan fingerprint density at radius 1 is 1.50 bits per heavy atom. The number of rotatable bonds is 3. The summed E-state index contributed by atoms with van der Waals surface area (Å²) in [6.07, 6.45) is 1.41. The van der Waals surface area contributed by atoms with Crippen LogP contribution in [0.1, 0.15) is 39.2 Å². The van der Waals surface area contributed by atoms with Gasteiger partial charge in [0, 0.05) is 18.7 Å². The molecule has 100 valence electrons. The molecule has 1 aromatic rings. The Hall–Kier alpha value is -1.10. The van der Waals surface area contributed by atoms with E-state index in [1.165, 1.54) is 0 Å². The van der Waals surface area contributed by atoms with Crippen molar-refractivity contribution in [2.24, 2.45) is 0 Å². The SMILES string of the molecule is CC(CNC(=O)OC(C)(C)C)c1ccc(Br)nc1. The highest BCUT2D eigenvalue weighted by Gasteiger charge is 2.16. The normalized spacial score (nSPS) is 12.9. The van der Waals surface area contributed by atoms with Gasteiger partial charge in [0.25, 0.3) is 0 Å². The zero-order valence-electron chi connectivity index (χ0n) is 11.2. The third-order valence-corrected chi connectivity index (χ3v) is 2.74. The molecule has 0 saturated carbocycles. The Balaban J connectivity index is 2.44. The molecule has 0 aliphatic carbocycles. The van der Waals surface area contributed by atoms with Gasteiger partial charge in [-0.15, -0.1) is 0 Å². The molecular formula is C13H19BrN2O2. The van der Waals surface area contributed by atoms with Crippen LogP contribution in [0.3, 0.4) is 0 Å². The molecular weight excluding hydrogens is 296 g/mol. The van der Waals surface area contributed by atoms with E-state index in [2.05, 4.69) is 26.2 Å². The Morgan fingerprint density at radius 3 is 2.67 bits per heavy atom. The summed E-state index contributed by atoms with van der Waals surface area (Å²) in [6.45, 7) is 8.08. The van der Waals surface area contributed by atoms with Crippen LogP contribution >= 0.6 is 15.9 Å². The Morgan fingerprint density at radius 2 is 2.17 bits per heavy atom. The Kier molecular flexibility index (Phi) is 5.14. The number of alkyl carbamates (subject to hydrolysis) is 1. The summed E-state index contributed by atoms with van der Waals surface area (Å²) in [5.74, 6) is 0.193. The first-order valence-corrected chi connectivity index (χ1v) is 6.65. The number of pyridine rings is 1. The molecule has 5 heteroatoms. The highest BCUT2D eigenvalue weighted by atomic mass is 79.9. The van der Waals surface area contributed by atoms with Crippen LogP contribution in [0.4, 0.5) is 4.79 Å². The van der Waals surface area contributed by atoms with Crippen molar-refractivity contribution >= 4 is 22.0 Å². The summed E-state index contributed by atoms with van der Waals surface area (Å²) in [7, 11) is 0. The van der Waals surface area contributed by atoms with Gasteiger partial charge in [0.2, 0.25) is 0 Å². The van der Waals surface area contributed by atoms with Crippen LogP contribution in [0.5, 0.6) is 0 Å². The van der Waals surface area contributed by atoms with Crippen molar-refractivity contribution < 1.29 is 9.53 Å². The number of aromatic nitrogens is 1. The zero-order chi connectivity index (χ0) is 13.8. The first-order chi connectivity index (χ1) is 8.28. The number of nitrogens with zero attached hydrogens (tertiary/aromatic N) is 1. The molecule has 1 aromatic heterocycles. The fourth-order valence-corrected chi connectivity index (χ4v) is 1.58. The van der Waals surface area contributed by atoms with Gasteiger partial charge in [-0.25, -0.2) is 9.78 Å². The molecule has 1 atom stereocenters. The van der Waals surface area contributed by atoms with E-state index >= 15 is 0 Å². The van der Waals surface area contributed by atoms with Crippen LogP contribution in [0.25, 0.3) is 0 Å².